The summed E-state index contributed by atoms with van der Waals surface area (Å²) in [6, 6.07) is -0.0226. The third-order valence-corrected chi connectivity index (χ3v) is 3.25. The van der Waals surface area contributed by atoms with E-state index in [0.717, 1.165) is 13.0 Å². The molecule has 3 nitrogen and oxygen atoms in total. The maximum atomic E-state index is 12.0. The smallest absolute Gasteiger partial charge is 0.239 e. The highest BCUT2D eigenvalue weighted by Crippen LogP contribution is 2.10. The highest BCUT2D eigenvalue weighted by atomic mass is 16.2. The van der Waals surface area contributed by atoms with Gasteiger partial charge in [-0.05, 0) is 24.8 Å². The molecule has 17 heavy (non-hydrogen) atoms. The molecule has 0 fully saturated rings. The van der Waals surface area contributed by atoms with Crippen LogP contribution in [0.3, 0.4) is 0 Å². The minimum Gasteiger partial charge on any atom is -0.347 e. The van der Waals surface area contributed by atoms with Gasteiger partial charge in [0.05, 0.1) is 6.04 Å². The molecule has 102 valence electrons. The van der Waals surface area contributed by atoms with Gasteiger partial charge in [-0.15, -0.1) is 0 Å². The van der Waals surface area contributed by atoms with Crippen molar-refractivity contribution in [1.82, 2.24) is 10.2 Å². The molecule has 1 N–H and O–H groups in total. The van der Waals surface area contributed by atoms with Crippen molar-refractivity contribution >= 4 is 5.91 Å². The second-order valence-corrected chi connectivity index (χ2v) is 5.51. The van der Waals surface area contributed by atoms with Crippen LogP contribution >= 0.6 is 0 Å². The molecule has 0 saturated heterocycles. The van der Waals surface area contributed by atoms with Gasteiger partial charge in [0.1, 0.15) is 0 Å². The van der Waals surface area contributed by atoms with Crippen molar-refractivity contribution < 1.29 is 4.79 Å². The van der Waals surface area contributed by atoms with E-state index in [1.807, 2.05) is 14.1 Å². The number of hydrogen-bond donors (Lipinski definition) is 1. The van der Waals surface area contributed by atoms with Crippen molar-refractivity contribution in [3.05, 3.63) is 0 Å². The van der Waals surface area contributed by atoms with Crippen LogP contribution in [0, 0.1) is 11.8 Å². The SMILES string of the molecule is CCC(CC)CNC(CC(C)C)C(=O)N(C)C. The fourth-order valence-corrected chi connectivity index (χ4v) is 1.94. The van der Waals surface area contributed by atoms with E-state index in [4.69, 9.17) is 0 Å². The fourth-order valence-electron chi connectivity index (χ4n) is 1.94. The first-order chi connectivity index (χ1) is 7.92. The molecule has 0 radical (unpaired) electrons. The second-order valence-electron chi connectivity index (χ2n) is 5.51. The number of amides is 1. The second kappa shape index (κ2) is 8.51. The summed E-state index contributed by atoms with van der Waals surface area (Å²) in [5.74, 6) is 1.42. The monoisotopic (exact) mass is 242 g/mol. The normalized spacial score (nSPS) is 13.2. The molecule has 3 heteroatoms. The molecule has 0 rings (SSSR count). The van der Waals surface area contributed by atoms with E-state index in [0.29, 0.717) is 11.8 Å². The third kappa shape index (κ3) is 6.67. The summed E-state index contributed by atoms with van der Waals surface area (Å²) in [5.41, 5.74) is 0. The van der Waals surface area contributed by atoms with Crippen LogP contribution in [-0.2, 0) is 4.79 Å². The maximum Gasteiger partial charge on any atom is 0.239 e. The highest BCUT2D eigenvalue weighted by molar-refractivity contribution is 5.81. The van der Waals surface area contributed by atoms with E-state index in [1.54, 1.807) is 4.90 Å². The van der Waals surface area contributed by atoms with E-state index in [-0.39, 0.29) is 11.9 Å². The first-order valence-electron chi connectivity index (χ1n) is 6.86. The lowest BCUT2D eigenvalue weighted by Gasteiger charge is -2.25. The molecule has 0 aliphatic rings. The molecular weight excluding hydrogens is 212 g/mol. The minimum atomic E-state index is -0.0226. The summed E-state index contributed by atoms with van der Waals surface area (Å²) in [6.45, 7) is 9.69. The molecule has 0 heterocycles. The maximum absolute atomic E-state index is 12.0. The molecule has 0 aliphatic heterocycles. The van der Waals surface area contributed by atoms with Gasteiger partial charge in [0.15, 0.2) is 0 Å². The molecule has 1 atom stereocenters. The zero-order valence-electron chi connectivity index (χ0n) is 12.4. The Morgan fingerprint density at radius 3 is 2.06 bits per heavy atom. The zero-order chi connectivity index (χ0) is 13.4. The molecule has 1 unspecified atom stereocenters. The van der Waals surface area contributed by atoms with Crippen molar-refractivity contribution in [1.29, 1.82) is 0 Å². The van der Waals surface area contributed by atoms with Crippen LogP contribution in [0.15, 0.2) is 0 Å². The summed E-state index contributed by atoms with van der Waals surface area (Å²) in [7, 11) is 3.66. The van der Waals surface area contributed by atoms with Gasteiger partial charge in [-0.3, -0.25) is 4.79 Å². The number of rotatable bonds is 8. The Hall–Kier alpha value is -0.570. The van der Waals surface area contributed by atoms with Crippen LogP contribution < -0.4 is 5.32 Å². The Labute approximate surface area is 107 Å². The summed E-state index contributed by atoms with van der Waals surface area (Å²) in [6.07, 6.45) is 3.26. The Balaban J connectivity index is 4.33. The first-order valence-corrected chi connectivity index (χ1v) is 6.86. The molecule has 0 aliphatic carbocycles. The quantitative estimate of drug-likeness (QED) is 0.709. The van der Waals surface area contributed by atoms with E-state index in [2.05, 4.69) is 33.0 Å². The molecule has 0 aromatic heterocycles. The minimum absolute atomic E-state index is 0.0226. The Morgan fingerprint density at radius 2 is 1.71 bits per heavy atom. The largest absolute Gasteiger partial charge is 0.347 e. The molecular formula is C14H30N2O. The average Bonchev–Trinajstić information content (AvgIpc) is 2.27. The summed E-state index contributed by atoms with van der Waals surface area (Å²) in [4.78, 5) is 13.7. The topological polar surface area (TPSA) is 32.3 Å². The van der Waals surface area contributed by atoms with Gasteiger partial charge in [0.2, 0.25) is 5.91 Å². The predicted octanol–water partition coefficient (Wildman–Crippen LogP) is 2.52. The predicted molar refractivity (Wildman–Crippen MR) is 74.0 cm³/mol. The molecule has 0 spiro atoms. The van der Waals surface area contributed by atoms with Crippen LogP contribution in [0.5, 0.6) is 0 Å². The molecule has 1 amide bonds. The highest BCUT2D eigenvalue weighted by Gasteiger charge is 2.21. The summed E-state index contributed by atoms with van der Waals surface area (Å²) >= 11 is 0. The van der Waals surface area contributed by atoms with Crippen molar-refractivity contribution in [3.63, 3.8) is 0 Å². The molecule has 0 aromatic carbocycles. The van der Waals surface area contributed by atoms with Gasteiger partial charge in [0, 0.05) is 14.1 Å². The van der Waals surface area contributed by atoms with Gasteiger partial charge in [-0.25, -0.2) is 0 Å². The van der Waals surface area contributed by atoms with Crippen LogP contribution in [-0.4, -0.2) is 37.5 Å². The van der Waals surface area contributed by atoms with Gasteiger partial charge >= 0.3 is 0 Å². The standard InChI is InChI=1S/C14H30N2O/c1-7-12(8-2)10-15-13(9-11(3)4)14(17)16(5)6/h11-13,15H,7-10H2,1-6H3. The van der Waals surface area contributed by atoms with E-state index in [9.17, 15) is 4.79 Å². The number of carbonyl (C=O) groups is 1. The van der Waals surface area contributed by atoms with Gasteiger partial charge in [-0.2, -0.15) is 0 Å². The number of hydrogen-bond acceptors (Lipinski definition) is 2. The lowest BCUT2D eigenvalue weighted by molar-refractivity contribution is -0.131. The van der Waals surface area contributed by atoms with Crippen LogP contribution in [0.2, 0.25) is 0 Å². The Bertz CT molecular complexity index is 210. The van der Waals surface area contributed by atoms with Gasteiger partial charge < -0.3 is 10.2 Å². The van der Waals surface area contributed by atoms with Gasteiger partial charge in [0.25, 0.3) is 0 Å². The molecule has 0 aromatic rings. The molecule has 0 bridgehead atoms. The fraction of sp³-hybridized carbons (Fsp3) is 0.929. The van der Waals surface area contributed by atoms with Crippen molar-refractivity contribution in [2.75, 3.05) is 20.6 Å². The van der Waals surface area contributed by atoms with Gasteiger partial charge in [-0.1, -0.05) is 40.5 Å². The van der Waals surface area contributed by atoms with Crippen molar-refractivity contribution in [2.24, 2.45) is 11.8 Å². The van der Waals surface area contributed by atoms with Crippen molar-refractivity contribution in [3.8, 4) is 0 Å². The van der Waals surface area contributed by atoms with E-state index >= 15 is 0 Å². The van der Waals surface area contributed by atoms with Crippen molar-refractivity contribution in [2.45, 2.75) is 53.0 Å². The first kappa shape index (κ1) is 16.4. The van der Waals surface area contributed by atoms with Crippen LogP contribution in [0.25, 0.3) is 0 Å². The number of carbonyl (C=O) groups excluding carboxylic acids is 1. The zero-order valence-corrected chi connectivity index (χ0v) is 12.4. The third-order valence-electron chi connectivity index (χ3n) is 3.25. The summed E-state index contributed by atoms with van der Waals surface area (Å²) in [5, 5.41) is 3.44. The Morgan fingerprint density at radius 1 is 1.18 bits per heavy atom. The number of nitrogens with one attached hydrogen (secondary N) is 1. The van der Waals surface area contributed by atoms with E-state index < -0.39 is 0 Å². The van der Waals surface area contributed by atoms with Crippen LogP contribution in [0.4, 0.5) is 0 Å². The Kier molecular flexibility index (Phi) is 8.23. The lowest BCUT2D eigenvalue weighted by atomic mass is 10.00. The number of likely N-dealkylation sites (N-methyl/N-ethyl adjacent to an activating group) is 1. The number of nitrogens with zero attached hydrogens (tertiary/aromatic N) is 1. The summed E-state index contributed by atoms with van der Waals surface area (Å²) < 4.78 is 0. The lowest BCUT2D eigenvalue weighted by Crippen LogP contribution is -2.45. The average molecular weight is 242 g/mol. The van der Waals surface area contributed by atoms with E-state index in [1.165, 1.54) is 12.8 Å². The van der Waals surface area contributed by atoms with Crippen LogP contribution in [0.1, 0.15) is 47.0 Å². The molecule has 0 saturated carbocycles.